The molecule has 0 radical (unpaired) electrons. The van der Waals surface area contributed by atoms with Crippen LogP contribution in [0.25, 0.3) is 0 Å². The van der Waals surface area contributed by atoms with Crippen LogP contribution in [0.15, 0.2) is 24.3 Å². The standard InChI is InChI=1S/C16H19NO/c1-2-12-6-8-13(9-7-12)16(18)10-14-4-3-5-15(11-16)17-14/h1,6-9,14-15,17-18H,3-5,10-11H2. The van der Waals surface area contributed by atoms with Gasteiger partial charge in [0.2, 0.25) is 0 Å². The second kappa shape index (κ2) is 4.42. The number of terminal acetylenes is 1. The van der Waals surface area contributed by atoms with Crippen LogP contribution in [0.4, 0.5) is 0 Å². The topological polar surface area (TPSA) is 32.3 Å². The van der Waals surface area contributed by atoms with E-state index >= 15 is 0 Å². The van der Waals surface area contributed by atoms with Crippen LogP contribution in [0.1, 0.15) is 43.2 Å². The van der Waals surface area contributed by atoms with Crippen LogP contribution < -0.4 is 5.32 Å². The fourth-order valence-corrected chi connectivity index (χ4v) is 3.44. The Kier molecular flexibility index (Phi) is 2.89. The average Bonchev–Trinajstić information content (AvgIpc) is 2.38. The normalized spacial score (nSPS) is 34.9. The minimum atomic E-state index is -0.672. The van der Waals surface area contributed by atoms with Gasteiger partial charge in [-0.3, -0.25) is 0 Å². The number of hydrogen-bond acceptors (Lipinski definition) is 2. The largest absolute Gasteiger partial charge is 0.385 e. The maximum absolute atomic E-state index is 10.9. The Labute approximate surface area is 108 Å². The van der Waals surface area contributed by atoms with Crippen molar-refractivity contribution < 1.29 is 5.11 Å². The highest BCUT2D eigenvalue weighted by atomic mass is 16.3. The summed E-state index contributed by atoms with van der Waals surface area (Å²) in [6.07, 6.45) is 10.7. The number of piperidine rings is 2. The zero-order chi connectivity index (χ0) is 12.6. The van der Waals surface area contributed by atoms with E-state index in [2.05, 4.69) is 11.2 Å². The Morgan fingerprint density at radius 3 is 2.33 bits per heavy atom. The van der Waals surface area contributed by atoms with E-state index < -0.39 is 5.60 Å². The molecule has 2 heteroatoms. The average molecular weight is 241 g/mol. The van der Waals surface area contributed by atoms with Crippen molar-refractivity contribution in [2.75, 3.05) is 0 Å². The molecule has 0 aromatic heterocycles. The lowest BCUT2D eigenvalue weighted by atomic mass is 9.74. The fourth-order valence-electron chi connectivity index (χ4n) is 3.44. The molecule has 2 N–H and O–H groups in total. The molecule has 2 bridgehead atoms. The smallest absolute Gasteiger partial charge is 0.0926 e. The summed E-state index contributed by atoms with van der Waals surface area (Å²) in [6.45, 7) is 0. The molecule has 2 unspecified atom stereocenters. The van der Waals surface area contributed by atoms with Crippen molar-refractivity contribution in [1.82, 2.24) is 5.32 Å². The third-order valence-electron chi connectivity index (χ3n) is 4.33. The quantitative estimate of drug-likeness (QED) is 0.738. The van der Waals surface area contributed by atoms with E-state index in [4.69, 9.17) is 6.42 Å². The summed E-state index contributed by atoms with van der Waals surface area (Å²) >= 11 is 0. The van der Waals surface area contributed by atoms with Gasteiger partial charge in [0.25, 0.3) is 0 Å². The van der Waals surface area contributed by atoms with Crippen molar-refractivity contribution in [2.45, 2.75) is 49.8 Å². The van der Waals surface area contributed by atoms with Gasteiger partial charge in [0.1, 0.15) is 0 Å². The summed E-state index contributed by atoms with van der Waals surface area (Å²) in [6, 6.07) is 8.74. The van der Waals surface area contributed by atoms with Crippen LogP contribution in [-0.4, -0.2) is 17.2 Å². The molecule has 94 valence electrons. The Morgan fingerprint density at radius 1 is 1.17 bits per heavy atom. The van der Waals surface area contributed by atoms with Crippen molar-refractivity contribution in [2.24, 2.45) is 0 Å². The van der Waals surface area contributed by atoms with Crippen LogP contribution in [0.3, 0.4) is 0 Å². The van der Waals surface area contributed by atoms with Crippen LogP contribution in [0, 0.1) is 12.3 Å². The van der Waals surface area contributed by atoms with Crippen molar-refractivity contribution in [3.8, 4) is 12.3 Å². The second-order valence-electron chi connectivity index (χ2n) is 5.65. The van der Waals surface area contributed by atoms with Gasteiger partial charge in [0.05, 0.1) is 5.60 Å². The SMILES string of the molecule is C#Cc1ccc(C2(O)CC3CCCC(C2)N3)cc1. The molecular formula is C16H19NO. The molecule has 2 atom stereocenters. The first-order valence-corrected chi connectivity index (χ1v) is 6.75. The number of nitrogens with one attached hydrogen (secondary N) is 1. The van der Waals surface area contributed by atoms with Crippen molar-refractivity contribution >= 4 is 0 Å². The van der Waals surface area contributed by atoms with Gasteiger partial charge in [-0.25, -0.2) is 0 Å². The third-order valence-corrected chi connectivity index (χ3v) is 4.33. The van der Waals surface area contributed by atoms with Gasteiger partial charge in [0.15, 0.2) is 0 Å². The van der Waals surface area contributed by atoms with E-state index in [0.717, 1.165) is 24.0 Å². The number of benzene rings is 1. The molecule has 0 amide bonds. The molecule has 18 heavy (non-hydrogen) atoms. The highest BCUT2D eigenvalue weighted by molar-refractivity contribution is 5.36. The first kappa shape index (κ1) is 11.8. The number of hydrogen-bond donors (Lipinski definition) is 2. The van der Waals surface area contributed by atoms with Crippen molar-refractivity contribution in [3.63, 3.8) is 0 Å². The second-order valence-corrected chi connectivity index (χ2v) is 5.65. The summed E-state index contributed by atoms with van der Waals surface area (Å²) in [7, 11) is 0. The predicted octanol–water partition coefficient (Wildman–Crippen LogP) is 2.16. The van der Waals surface area contributed by atoms with E-state index in [1.165, 1.54) is 19.3 Å². The summed E-state index contributed by atoms with van der Waals surface area (Å²) in [4.78, 5) is 0. The van der Waals surface area contributed by atoms with Gasteiger partial charge >= 0.3 is 0 Å². The van der Waals surface area contributed by atoms with Crippen LogP contribution in [-0.2, 0) is 5.60 Å². The minimum Gasteiger partial charge on any atom is -0.385 e. The summed E-state index contributed by atoms with van der Waals surface area (Å²) < 4.78 is 0. The van der Waals surface area contributed by atoms with Gasteiger partial charge in [0, 0.05) is 17.6 Å². The molecule has 2 aliphatic rings. The molecule has 0 aliphatic carbocycles. The van der Waals surface area contributed by atoms with Gasteiger partial charge in [-0.2, -0.15) is 0 Å². The zero-order valence-corrected chi connectivity index (χ0v) is 10.5. The Balaban J connectivity index is 1.87. The number of aliphatic hydroxyl groups is 1. The predicted molar refractivity (Wildman–Crippen MR) is 72.1 cm³/mol. The lowest BCUT2D eigenvalue weighted by Gasteiger charge is -2.45. The Hall–Kier alpha value is -1.30. The molecule has 2 aliphatic heterocycles. The van der Waals surface area contributed by atoms with Crippen LogP contribution >= 0.6 is 0 Å². The van der Waals surface area contributed by atoms with E-state index in [-0.39, 0.29) is 0 Å². The van der Waals surface area contributed by atoms with Crippen molar-refractivity contribution in [1.29, 1.82) is 0 Å². The molecule has 1 aromatic rings. The monoisotopic (exact) mass is 241 g/mol. The van der Waals surface area contributed by atoms with E-state index in [9.17, 15) is 5.11 Å². The van der Waals surface area contributed by atoms with Gasteiger partial charge in [-0.05, 0) is 43.4 Å². The molecule has 2 heterocycles. The van der Waals surface area contributed by atoms with Gasteiger partial charge < -0.3 is 10.4 Å². The zero-order valence-electron chi connectivity index (χ0n) is 10.5. The number of rotatable bonds is 1. The molecule has 2 fully saturated rings. The van der Waals surface area contributed by atoms with Crippen LogP contribution in [0.5, 0.6) is 0 Å². The maximum atomic E-state index is 10.9. The number of fused-ring (bicyclic) bond motifs is 2. The van der Waals surface area contributed by atoms with Crippen molar-refractivity contribution in [3.05, 3.63) is 35.4 Å². The van der Waals surface area contributed by atoms with E-state index in [1.54, 1.807) is 0 Å². The highest BCUT2D eigenvalue weighted by Crippen LogP contribution is 2.39. The summed E-state index contributed by atoms with van der Waals surface area (Å²) in [5.74, 6) is 2.62. The molecule has 1 aromatic carbocycles. The molecule has 0 spiro atoms. The fraction of sp³-hybridized carbons (Fsp3) is 0.500. The highest BCUT2D eigenvalue weighted by Gasteiger charge is 2.41. The molecule has 0 saturated carbocycles. The first-order valence-electron chi connectivity index (χ1n) is 6.75. The lowest BCUT2D eigenvalue weighted by molar-refractivity contribution is -0.0358. The molecule has 3 rings (SSSR count). The maximum Gasteiger partial charge on any atom is 0.0926 e. The minimum absolute atomic E-state index is 0.467. The third kappa shape index (κ3) is 2.05. The van der Waals surface area contributed by atoms with E-state index in [1.807, 2.05) is 24.3 Å². The first-order chi connectivity index (χ1) is 8.69. The molecule has 2 saturated heterocycles. The lowest BCUT2D eigenvalue weighted by Crippen LogP contribution is -2.54. The van der Waals surface area contributed by atoms with E-state index in [0.29, 0.717) is 12.1 Å². The summed E-state index contributed by atoms with van der Waals surface area (Å²) in [5.41, 5.74) is 1.21. The van der Waals surface area contributed by atoms with Crippen LogP contribution in [0.2, 0.25) is 0 Å². The Bertz CT molecular complexity index is 459. The molecule has 2 nitrogen and oxygen atoms in total. The summed E-state index contributed by atoms with van der Waals surface area (Å²) in [5, 5.41) is 14.5. The molecular weight excluding hydrogens is 222 g/mol. The Morgan fingerprint density at radius 2 is 1.78 bits per heavy atom. The van der Waals surface area contributed by atoms with Gasteiger partial charge in [-0.15, -0.1) is 6.42 Å². The van der Waals surface area contributed by atoms with Gasteiger partial charge in [-0.1, -0.05) is 24.5 Å².